The Kier molecular flexibility index (Phi) is 5.31. The normalized spacial score (nSPS) is 10.9. The maximum atomic E-state index is 11.6. The highest BCUT2D eigenvalue weighted by atomic mass is 16.4. The molecule has 110 valence electrons. The molecule has 0 aliphatic carbocycles. The molecule has 3 amide bonds. The van der Waals surface area contributed by atoms with Gasteiger partial charge in [-0.2, -0.15) is 0 Å². The Labute approximate surface area is 121 Å². The van der Waals surface area contributed by atoms with E-state index >= 15 is 0 Å². The molecule has 1 unspecified atom stereocenters. The first-order valence-corrected chi connectivity index (χ1v) is 6.02. The van der Waals surface area contributed by atoms with Crippen LogP contribution < -0.4 is 16.0 Å². The number of terminal acetylenes is 1. The second-order valence-corrected chi connectivity index (χ2v) is 4.23. The van der Waals surface area contributed by atoms with Gasteiger partial charge in [0.2, 0.25) is 5.91 Å². The lowest BCUT2D eigenvalue weighted by atomic mass is 10.1. The molecule has 0 spiro atoms. The first-order valence-electron chi connectivity index (χ1n) is 6.02. The van der Waals surface area contributed by atoms with Crippen molar-refractivity contribution >= 4 is 29.3 Å². The minimum Gasteiger partial charge on any atom is -0.478 e. The van der Waals surface area contributed by atoms with Gasteiger partial charge in [-0.1, -0.05) is 5.92 Å². The van der Waals surface area contributed by atoms with Crippen molar-refractivity contribution in [2.75, 3.05) is 10.6 Å². The van der Waals surface area contributed by atoms with Crippen LogP contribution in [0.15, 0.2) is 18.2 Å². The predicted octanol–water partition coefficient (Wildman–Crippen LogP) is 1.49. The van der Waals surface area contributed by atoms with Gasteiger partial charge in [0.15, 0.2) is 0 Å². The summed E-state index contributed by atoms with van der Waals surface area (Å²) in [5.41, 5.74) is 0.269. The van der Waals surface area contributed by atoms with Crippen LogP contribution in [0.4, 0.5) is 16.2 Å². The van der Waals surface area contributed by atoms with E-state index in [2.05, 4.69) is 21.9 Å². The molecular formula is C14H15N3O4. The fraction of sp³-hybridized carbons (Fsp3) is 0.214. The molecule has 1 aromatic carbocycles. The molecule has 0 fully saturated rings. The van der Waals surface area contributed by atoms with Gasteiger partial charge in [0.25, 0.3) is 0 Å². The van der Waals surface area contributed by atoms with Crippen molar-refractivity contribution in [3.05, 3.63) is 23.8 Å². The summed E-state index contributed by atoms with van der Waals surface area (Å²) in [6, 6.07) is 3.01. The maximum Gasteiger partial charge on any atom is 0.337 e. The third-order valence-electron chi connectivity index (χ3n) is 2.42. The monoisotopic (exact) mass is 289 g/mol. The number of hydrogen-bond acceptors (Lipinski definition) is 3. The Hall–Kier alpha value is -3.01. The second kappa shape index (κ2) is 6.96. The lowest BCUT2D eigenvalue weighted by molar-refractivity contribution is -0.114. The molecule has 0 saturated heterocycles. The summed E-state index contributed by atoms with van der Waals surface area (Å²) in [7, 11) is 0. The van der Waals surface area contributed by atoms with Gasteiger partial charge in [-0.3, -0.25) is 4.79 Å². The van der Waals surface area contributed by atoms with Crippen molar-refractivity contribution in [1.82, 2.24) is 5.32 Å². The molecule has 1 rings (SSSR count). The molecule has 1 aromatic rings. The first-order chi connectivity index (χ1) is 9.83. The number of carboxylic acid groups (broad SMARTS) is 1. The van der Waals surface area contributed by atoms with Crippen LogP contribution in [0.25, 0.3) is 0 Å². The van der Waals surface area contributed by atoms with Crippen molar-refractivity contribution < 1.29 is 19.5 Å². The molecule has 0 aromatic heterocycles. The number of carboxylic acids is 1. The molecule has 21 heavy (non-hydrogen) atoms. The lowest BCUT2D eigenvalue weighted by Gasteiger charge is -2.12. The lowest BCUT2D eigenvalue weighted by Crippen LogP contribution is -2.35. The van der Waals surface area contributed by atoms with E-state index in [0.29, 0.717) is 5.69 Å². The summed E-state index contributed by atoms with van der Waals surface area (Å²) in [5, 5.41) is 16.5. The van der Waals surface area contributed by atoms with Crippen LogP contribution in [-0.2, 0) is 4.79 Å². The van der Waals surface area contributed by atoms with Gasteiger partial charge >= 0.3 is 12.0 Å². The third kappa shape index (κ3) is 4.87. The Morgan fingerprint density at radius 2 is 1.95 bits per heavy atom. The van der Waals surface area contributed by atoms with Gasteiger partial charge in [0.05, 0.1) is 17.3 Å². The highest BCUT2D eigenvalue weighted by Gasteiger charge is 2.14. The molecule has 7 heteroatoms. The molecule has 0 heterocycles. The number of aromatic carboxylic acids is 1. The van der Waals surface area contributed by atoms with E-state index in [1.807, 2.05) is 0 Å². The second-order valence-electron chi connectivity index (χ2n) is 4.23. The number of amides is 3. The molecule has 0 bridgehead atoms. The molecular weight excluding hydrogens is 274 g/mol. The Morgan fingerprint density at radius 3 is 2.48 bits per heavy atom. The zero-order valence-electron chi connectivity index (χ0n) is 11.6. The van der Waals surface area contributed by atoms with E-state index in [9.17, 15) is 14.4 Å². The highest BCUT2D eigenvalue weighted by Crippen LogP contribution is 2.20. The fourth-order valence-corrected chi connectivity index (χ4v) is 1.51. The van der Waals surface area contributed by atoms with E-state index in [1.54, 1.807) is 6.92 Å². The van der Waals surface area contributed by atoms with Crippen LogP contribution in [0, 0.1) is 12.3 Å². The van der Waals surface area contributed by atoms with E-state index in [1.165, 1.54) is 25.1 Å². The van der Waals surface area contributed by atoms with Gasteiger partial charge in [-0.05, 0) is 25.1 Å². The molecule has 1 atom stereocenters. The summed E-state index contributed by atoms with van der Waals surface area (Å²) < 4.78 is 0. The third-order valence-corrected chi connectivity index (χ3v) is 2.42. The van der Waals surface area contributed by atoms with Crippen molar-refractivity contribution in [2.45, 2.75) is 19.9 Å². The number of benzene rings is 1. The van der Waals surface area contributed by atoms with Crippen LogP contribution in [0.5, 0.6) is 0 Å². The smallest absolute Gasteiger partial charge is 0.337 e. The Balaban J connectivity index is 2.97. The van der Waals surface area contributed by atoms with Crippen LogP contribution in [0.2, 0.25) is 0 Å². The number of carbonyl (C=O) groups excluding carboxylic acids is 2. The topological polar surface area (TPSA) is 108 Å². The number of urea groups is 1. The molecule has 0 aliphatic rings. The van der Waals surface area contributed by atoms with Crippen LogP contribution in [0.1, 0.15) is 24.2 Å². The van der Waals surface area contributed by atoms with E-state index < -0.39 is 18.0 Å². The highest BCUT2D eigenvalue weighted by molar-refractivity contribution is 6.02. The van der Waals surface area contributed by atoms with Crippen molar-refractivity contribution in [1.29, 1.82) is 0 Å². The van der Waals surface area contributed by atoms with Gasteiger partial charge in [0.1, 0.15) is 0 Å². The van der Waals surface area contributed by atoms with Crippen LogP contribution >= 0.6 is 0 Å². The number of rotatable bonds is 4. The average molecular weight is 289 g/mol. The summed E-state index contributed by atoms with van der Waals surface area (Å²) in [6.45, 7) is 2.92. The molecule has 7 nitrogen and oxygen atoms in total. The predicted molar refractivity (Wildman–Crippen MR) is 78.2 cm³/mol. The number of hydrogen-bond donors (Lipinski definition) is 4. The summed E-state index contributed by atoms with van der Waals surface area (Å²) in [5.74, 6) is 0.754. The number of carbonyl (C=O) groups is 3. The summed E-state index contributed by atoms with van der Waals surface area (Å²) in [4.78, 5) is 33.8. The van der Waals surface area contributed by atoms with Crippen LogP contribution in [-0.4, -0.2) is 29.1 Å². The summed E-state index contributed by atoms with van der Waals surface area (Å²) >= 11 is 0. The van der Waals surface area contributed by atoms with Crippen molar-refractivity contribution in [2.24, 2.45) is 0 Å². The molecule has 4 N–H and O–H groups in total. The van der Waals surface area contributed by atoms with E-state index in [0.717, 1.165) is 0 Å². The Morgan fingerprint density at radius 1 is 1.29 bits per heavy atom. The quantitative estimate of drug-likeness (QED) is 0.630. The molecule has 0 radical (unpaired) electrons. The molecule has 0 aliphatic heterocycles. The van der Waals surface area contributed by atoms with Gasteiger partial charge < -0.3 is 21.1 Å². The Bertz CT molecular complexity index is 619. The maximum absolute atomic E-state index is 11.6. The van der Waals surface area contributed by atoms with Crippen molar-refractivity contribution in [3.63, 3.8) is 0 Å². The first kappa shape index (κ1) is 16.0. The van der Waals surface area contributed by atoms with Gasteiger partial charge in [0, 0.05) is 12.6 Å². The van der Waals surface area contributed by atoms with E-state index in [-0.39, 0.29) is 17.2 Å². The average Bonchev–Trinajstić information content (AvgIpc) is 2.39. The number of anilines is 2. The molecule has 0 saturated carbocycles. The standard InChI is InChI=1S/C14H15N3O4/c1-4-8(2)15-14(21)17-12-6-5-10(16-9(3)18)7-11(12)13(19)20/h1,5-8H,2-3H3,(H,16,18)(H,19,20)(H2,15,17,21). The fourth-order valence-electron chi connectivity index (χ4n) is 1.51. The SMILES string of the molecule is C#CC(C)NC(=O)Nc1ccc(NC(C)=O)cc1C(=O)O. The zero-order chi connectivity index (χ0) is 16.0. The van der Waals surface area contributed by atoms with Crippen molar-refractivity contribution in [3.8, 4) is 12.3 Å². The van der Waals surface area contributed by atoms with Crippen LogP contribution in [0.3, 0.4) is 0 Å². The largest absolute Gasteiger partial charge is 0.478 e. The van der Waals surface area contributed by atoms with Gasteiger partial charge in [-0.15, -0.1) is 6.42 Å². The summed E-state index contributed by atoms with van der Waals surface area (Å²) in [6.07, 6.45) is 5.13. The number of nitrogens with one attached hydrogen (secondary N) is 3. The minimum atomic E-state index is -1.23. The van der Waals surface area contributed by atoms with E-state index in [4.69, 9.17) is 11.5 Å². The zero-order valence-corrected chi connectivity index (χ0v) is 11.6. The minimum absolute atomic E-state index is 0.0957. The van der Waals surface area contributed by atoms with Gasteiger partial charge in [-0.25, -0.2) is 9.59 Å².